The zero-order valence-electron chi connectivity index (χ0n) is 14.5. The predicted octanol–water partition coefficient (Wildman–Crippen LogP) is 1.70. The van der Waals surface area contributed by atoms with E-state index in [0.29, 0.717) is 18.8 Å². The lowest BCUT2D eigenvalue weighted by Crippen LogP contribution is -2.44. The van der Waals surface area contributed by atoms with E-state index < -0.39 is 15.9 Å². The minimum atomic E-state index is -3.06. The molecule has 1 fully saturated rings. The zero-order chi connectivity index (χ0) is 18.9. The Labute approximate surface area is 160 Å². The van der Waals surface area contributed by atoms with Crippen LogP contribution in [0.4, 0.5) is 0 Å². The second-order valence-corrected chi connectivity index (χ2v) is 9.44. The molecule has 2 atom stereocenters. The Morgan fingerprint density at radius 2 is 2.08 bits per heavy atom. The monoisotopic (exact) mass is 441 g/mol. The molecule has 0 bridgehead atoms. The first-order valence-electron chi connectivity index (χ1n) is 8.37. The summed E-state index contributed by atoms with van der Waals surface area (Å²) in [6.07, 6.45) is 0.476. The molecule has 1 aromatic heterocycles. The molecule has 26 heavy (non-hydrogen) atoms. The van der Waals surface area contributed by atoms with Gasteiger partial charge in [0.25, 0.3) is 0 Å². The number of sulfone groups is 1. The van der Waals surface area contributed by atoms with Crippen molar-refractivity contribution in [2.75, 3.05) is 18.1 Å². The lowest BCUT2D eigenvalue weighted by Gasteiger charge is -2.28. The van der Waals surface area contributed by atoms with Gasteiger partial charge in [0.1, 0.15) is 6.04 Å². The van der Waals surface area contributed by atoms with Gasteiger partial charge in [-0.1, -0.05) is 15.9 Å². The van der Waals surface area contributed by atoms with E-state index in [1.165, 1.54) is 4.80 Å². The first-order valence-corrected chi connectivity index (χ1v) is 11.0. The molecular formula is C16H20BrN5O3S. The number of nitrogens with zero attached hydrogens (tertiary/aromatic N) is 5. The van der Waals surface area contributed by atoms with Crippen molar-refractivity contribution in [2.24, 2.45) is 0 Å². The van der Waals surface area contributed by atoms with Crippen LogP contribution in [0, 0.1) is 0 Å². The van der Waals surface area contributed by atoms with E-state index in [9.17, 15) is 13.2 Å². The van der Waals surface area contributed by atoms with Crippen molar-refractivity contribution in [3.8, 4) is 11.4 Å². The van der Waals surface area contributed by atoms with Gasteiger partial charge >= 0.3 is 0 Å². The Balaban J connectivity index is 1.76. The summed E-state index contributed by atoms with van der Waals surface area (Å²) in [5, 5.41) is 12.3. The van der Waals surface area contributed by atoms with Crippen molar-refractivity contribution in [3.63, 3.8) is 0 Å². The molecule has 0 aliphatic carbocycles. The van der Waals surface area contributed by atoms with Gasteiger partial charge in [0.2, 0.25) is 11.7 Å². The highest BCUT2D eigenvalue weighted by Crippen LogP contribution is 2.22. The summed E-state index contributed by atoms with van der Waals surface area (Å²) < 4.78 is 24.4. The van der Waals surface area contributed by atoms with Crippen molar-refractivity contribution in [1.29, 1.82) is 0 Å². The fraction of sp³-hybridized carbons (Fsp3) is 0.500. The maximum absolute atomic E-state index is 12.9. The van der Waals surface area contributed by atoms with Gasteiger partial charge in [0, 0.05) is 22.6 Å². The SMILES string of the molecule is CCN(C(=O)C(C)n1nnc(-c2ccc(Br)cc2)n1)C1CCS(=O)(=O)C1. The number of hydrogen-bond acceptors (Lipinski definition) is 6. The summed E-state index contributed by atoms with van der Waals surface area (Å²) in [6, 6.07) is 6.54. The number of hydrogen-bond donors (Lipinski definition) is 0. The first-order chi connectivity index (χ1) is 12.3. The zero-order valence-corrected chi connectivity index (χ0v) is 16.9. The number of benzene rings is 1. The third-order valence-corrected chi connectivity index (χ3v) is 6.79. The van der Waals surface area contributed by atoms with Crippen LogP contribution in [0.1, 0.15) is 26.3 Å². The molecule has 10 heteroatoms. The molecule has 0 radical (unpaired) electrons. The fourth-order valence-electron chi connectivity index (χ4n) is 3.06. The predicted molar refractivity (Wildman–Crippen MR) is 100 cm³/mol. The topological polar surface area (TPSA) is 98.1 Å². The molecule has 1 amide bonds. The van der Waals surface area contributed by atoms with E-state index >= 15 is 0 Å². The second kappa shape index (κ2) is 7.43. The molecule has 0 N–H and O–H groups in total. The van der Waals surface area contributed by atoms with Crippen LogP contribution >= 0.6 is 15.9 Å². The van der Waals surface area contributed by atoms with E-state index in [4.69, 9.17) is 0 Å². The number of carbonyl (C=O) groups is 1. The summed E-state index contributed by atoms with van der Waals surface area (Å²) in [5.74, 6) is 0.386. The first kappa shape index (κ1) is 19.0. The van der Waals surface area contributed by atoms with Gasteiger partial charge < -0.3 is 4.90 Å². The van der Waals surface area contributed by atoms with Crippen LogP contribution in [0.2, 0.25) is 0 Å². The van der Waals surface area contributed by atoms with Crippen LogP contribution in [0.15, 0.2) is 28.7 Å². The van der Waals surface area contributed by atoms with E-state index in [2.05, 4.69) is 31.3 Å². The van der Waals surface area contributed by atoms with Crippen molar-refractivity contribution in [3.05, 3.63) is 28.7 Å². The van der Waals surface area contributed by atoms with Crippen molar-refractivity contribution < 1.29 is 13.2 Å². The van der Waals surface area contributed by atoms with E-state index in [1.807, 2.05) is 31.2 Å². The molecule has 1 aromatic carbocycles. The van der Waals surface area contributed by atoms with Crippen LogP contribution in [-0.2, 0) is 14.6 Å². The van der Waals surface area contributed by atoms with E-state index in [0.717, 1.165) is 10.0 Å². The molecule has 2 aromatic rings. The molecule has 2 unspecified atom stereocenters. The third kappa shape index (κ3) is 3.96. The molecule has 8 nitrogen and oxygen atoms in total. The quantitative estimate of drug-likeness (QED) is 0.699. The van der Waals surface area contributed by atoms with Crippen LogP contribution in [-0.4, -0.2) is 63.5 Å². The van der Waals surface area contributed by atoms with Gasteiger partial charge in [-0.3, -0.25) is 4.79 Å². The van der Waals surface area contributed by atoms with E-state index in [-0.39, 0.29) is 23.5 Å². The number of rotatable bonds is 5. The van der Waals surface area contributed by atoms with Crippen molar-refractivity contribution in [1.82, 2.24) is 25.1 Å². The molecule has 2 heterocycles. The summed E-state index contributed by atoms with van der Waals surface area (Å²) in [4.78, 5) is 15.8. The lowest BCUT2D eigenvalue weighted by atomic mass is 10.2. The Hall–Kier alpha value is -1.81. The fourth-order valence-corrected chi connectivity index (χ4v) is 5.05. The number of tetrazole rings is 1. The third-order valence-electron chi connectivity index (χ3n) is 4.51. The standard InChI is InChI=1S/C16H20BrN5O3S/c1-3-21(14-8-9-26(24,25)10-14)16(23)11(2)22-19-15(18-20-22)12-4-6-13(17)7-5-12/h4-7,11,14H,3,8-10H2,1-2H3. The van der Waals surface area contributed by atoms with Crippen LogP contribution in [0.5, 0.6) is 0 Å². The molecule has 140 valence electrons. The second-order valence-electron chi connectivity index (χ2n) is 6.30. The largest absolute Gasteiger partial charge is 0.337 e. The van der Waals surface area contributed by atoms with Crippen molar-refractivity contribution >= 4 is 31.7 Å². The molecule has 0 saturated carbocycles. The number of likely N-dealkylation sites (N-methyl/N-ethyl adjacent to an activating group) is 1. The minimum Gasteiger partial charge on any atom is -0.337 e. The van der Waals surface area contributed by atoms with Crippen molar-refractivity contribution in [2.45, 2.75) is 32.4 Å². The maximum Gasteiger partial charge on any atom is 0.249 e. The Morgan fingerprint density at radius 1 is 1.38 bits per heavy atom. The summed E-state index contributed by atoms with van der Waals surface area (Å²) >= 11 is 3.37. The van der Waals surface area contributed by atoms with Gasteiger partial charge in [-0.25, -0.2) is 8.42 Å². The summed E-state index contributed by atoms with van der Waals surface area (Å²) in [5.41, 5.74) is 0.799. The summed E-state index contributed by atoms with van der Waals surface area (Å²) in [7, 11) is -3.06. The number of aromatic nitrogens is 4. The maximum atomic E-state index is 12.9. The van der Waals surface area contributed by atoms with Crippen LogP contribution in [0.3, 0.4) is 0 Å². The highest BCUT2D eigenvalue weighted by atomic mass is 79.9. The highest BCUT2D eigenvalue weighted by Gasteiger charge is 2.36. The van der Waals surface area contributed by atoms with Crippen LogP contribution in [0.25, 0.3) is 11.4 Å². The molecule has 1 aliphatic rings. The van der Waals surface area contributed by atoms with Gasteiger partial charge in [0.05, 0.1) is 11.5 Å². The van der Waals surface area contributed by atoms with Crippen LogP contribution < -0.4 is 0 Å². The van der Waals surface area contributed by atoms with E-state index in [1.54, 1.807) is 11.8 Å². The average Bonchev–Trinajstić information content (AvgIpc) is 3.22. The number of amides is 1. The van der Waals surface area contributed by atoms with Gasteiger partial charge in [-0.2, -0.15) is 4.80 Å². The Kier molecular flexibility index (Phi) is 5.42. The van der Waals surface area contributed by atoms with Gasteiger partial charge in [0.15, 0.2) is 9.84 Å². The molecule has 0 spiro atoms. The average molecular weight is 442 g/mol. The Bertz CT molecular complexity index is 897. The Morgan fingerprint density at radius 3 is 2.65 bits per heavy atom. The van der Waals surface area contributed by atoms with Gasteiger partial charge in [-0.05, 0) is 49.7 Å². The number of carbonyl (C=O) groups excluding carboxylic acids is 1. The molecular weight excluding hydrogens is 422 g/mol. The normalized spacial score (nSPS) is 20.0. The smallest absolute Gasteiger partial charge is 0.249 e. The molecule has 1 aliphatic heterocycles. The lowest BCUT2D eigenvalue weighted by molar-refractivity contribution is -0.136. The highest BCUT2D eigenvalue weighted by molar-refractivity contribution is 9.10. The summed E-state index contributed by atoms with van der Waals surface area (Å²) in [6.45, 7) is 3.98. The van der Waals surface area contributed by atoms with Gasteiger partial charge in [-0.15, -0.1) is 10.2 Å². The minimum absolute atomic E-state index is 0.0221. The molecule has 3 rings (SSSR count). The number of halogens is 1. The molecule has 1 saturated heterocycles.